The van der Waals surface area contributed by atoms with Crippen molar-refractivity contribution < 1.29 is 23.9 Å². The molecule has 36 heavy (non-hydrogen) atoms. The number of hydrogen-bond acceptors (Lipinski definition) is 6. The van der Waals surface area contributed by atoms with Crippen LogP contribution >= 0.6 is 0 Å². The van der Waals surface area contributed by atoms with Gasteiger partial charge in [0.05, 0.1) is 18.4 Å². The Morgan fingerprint density at radius 3 is 2.19 bits per heavy atom. The summed E-state index contributed by atoms with van der Waals surface area (Å²) in [6, 6.07) is 28.6. The molecule has 0 aliphatic rings. The van der Waals surface area contributed by atoms with Crippen LogP contribution in [0.25, 0.3) is 10.8 Å². The lowest BCUT2D eigenvalue weighted by Gasteiger charge is -2.21. The van der Waals surface area contributed by atoms with Crippen molar-refractivity contribution in [2.24, 2.45) is 0 Å². The number of carbonyl (C=O) groups is 3. The van der Waals surface area contributed by atoms with Gasteiger partial charge in [-0.05, 0) is 23.4 Å². The van der Waals surface area contributed by atoms with Crippen LogP contribution in [0.1, 0.15) is 39.1 Å². The van der Waals surface area contributed by atoms with Crippen molar-refractivity contribution in [1.29, 1.82) is 0 Å². The predicted molar refractivity (Wildman–Crippen MR) is 139 cm³/mol. The van der Waals surface area contributed by atoms with Crippen LogP contribution in [0.15, 0.2) is 97.1 Å². The molecule has 1 N–H and O–H groups in total. The summed E-state index contributed by atoms with van der Waals surface area (Å²) in [5.74, 6) is -1.12. The van der Waals surface area contributed by atoms with Gasteiger partial charge in [0.15, 0.2) is 5.78 Å². The van der Waals surface area contributed by atoms with Crippen molar-refractivity contribution in [2.45, 2.75) is 25.5 Å². The second-order valence-corrected chi connectivity index (χ2v) is 8.32. The Labute approximate surface area is 209 Å². The van der Waals surface area contributed by atoms with E-state index in [1.807, 2.05) is 66.7 Å². The minimum absolute atomic E-state index is 0.0771. The number of nitrogens with one attached hydrogen (secondary N) is 1. The number of carbonyl (C=O) groups excluding carboxylic acids is 3. The van der Waals surface area contributed by atoms with Crippen LogP contribution in [0.4, 0.5) is 5.69 Å². The van der Waals surface area contributed by atoms with Crippen molar-refractivity contribution in [1.82, 2.24) is 0 Å². The van der Waals surface area contributed by atoms with E-state index >= 15 is 0 Å². The first kappa shape index (κ1) is 24.7. The van der Waals surface area contributed by atoms with E-state index in [0.717, 1.165) is 16.3 Å². The first-order chi connectivity index (χ1) is 17.6. The molecule has 1 unspecified atom stereocenters. The molecular formula is C30H27NO5. The fraction of sp³-hybridized carbons (Fsp3) is 0.167. The fourth-order valence-corrected chi connectivity index (χ4v) is 4.01. The number of ether oxygens (including phenoxy) is 2. The number of anilines is 1. The minimum atomic E-state index is -0.839. The number of benzene rings is 4. The zero-order valence-corrected chi connectivity index (χ0v) is 20.0. The van der Waals surface area contributed by atoms with E-state index in [-0.39, 0.29) is 25.2 Å². The Hall–Kier alpha value is -4.45. The van der Waals surface area contributed by atoms with Gasteiger partial charge >= 0.3 is 11.9 Å². The maximum Gasteiger partial charge on any atom is 0.340 e. The molecule has 0 radical (unpaired) electrons. The summed E-state index contributed by atoms with van der Waals surface area (Å²) < 4.78 is 10.6. The lowest BCUT2D eigenvalue weighted by atomic mass is 10.0. The number of hydrogen-bond donors (Lipinski definition) is 1. The van der Waals surface area contributed by atoms with Crippen molar-refractivity contribution in [2.75, 3.05) is 12.4 Å². The molecule has 182 valence electrons. The third-order valence-electron chi connectivity index (χ3n) is 5.92. The van der Waals surface area contributed by atoms with Crippen LogP contribution in [-0.2, 0) is 20.9 Å². The van der Waals surface area contributed by atoms with Gasteiger partial charge in [-0.2, -0.15) is 0 Å². The van der Waals surface area contributed by atoms with E-state index in [9.17, 15) is 14.4 Å². The number of esters is 2. The monoisotopic (exact) mass is 481 g/mol. The van der Waals surface area contributed by atoms with Gasteiger partial charge in [-0.3, -0.25) is 4.79 Å². The summed E-state index contributed by atoms with van der Waals surface area (Å²) in [4.78, 5) is 38.5. The van der Waals surface area contributed by atoms with Gasteiger partial charge in [0.1, 0.15) is 12.6 Å². The van der Waals surface area contributed by atoms with Gasteiger partial charge in [-0.25, -0.2) is 9.59 Å². The Kier molecular flexibility index (Phi) is 8.08. The molecule has 0 fully saturated rings. The molecule has 0 aliphatic heterocycles. The Bertz CT molecular complexity index is 1350. The lowest BCUT2D eigenvalue weighted by Crippen LogP contribution is -2.32. The first-order valence-corrected chi connectivity index (χ1v) is 11.7. The number of Topliss-reactive ketones (excluding diaryl/α,β-unsaturated/α-hetero) is 1. The number of ketones is 1. The molecular weight excluding hydrogens is 454 g/mol. The summed E-state index contributed by atoms with van der Waals surface area (Å²) in [6.07, 6.45) is 0.331. The van der Waals surface area contributed by atoms with Crippen molar-refractivity contribution in [3.8, 4) is 0 Å². The average molecular weight is 482 g/mol. The van der Waals surface area contributed by atoms with Crippen LogP contribution in [-0.4, -0.2) is 30.9 Å². The summed E-state index contributed by atoms with van der Waals surface area (Å²) in [7, 11) is 1.30. The summed E-state index contributed by atoms with van der Waals surface area (Å²) in [6.45, 7) is 0.123. The summed E-state index contributed by atoms with van der Waals surface area (Å²) in [5, 5.41) is 4.85. The van der Waals surface area contributed by atoms with E-state index in [0.29, 0.717) is 16.8 Å². The molecule has 0 heterocycles. The summed E-state index contributed by atoms with van der Waals surface area (Å²) >= 11 is 0. The third kappa shape index (κ3) is 5.96. The molecule has 0 amide bonds. The number of fused-ring (bicyclic) bond motifs is 1. The predicted octanol–water partition coefficient (Wildman–Crippen LogP) is 5.81. The number of methoxy groups -OCH3 is 1. The normalized spacial score (nSPS) is 11.5. The SMILES string of the molecule is COC(=O)C(CCC(=O)c1ccccc1)Nc1c(C(=O)OCc2ccccc2)ccc2ccccc12. The topological polar surface area (TPSA) is 81.7 Å². The number of rotatable bonds is 10. The van der Waals surface area contributed by atoms with E-state index < -0.39 is 18.0 Å². The molecule has 0 bridgehead atoms. The minimum Gasteiger partial charge on any atom is -0.467 e. The standard InChI is InChI=1S/C30H27NO5/c1-35-30(34)26(18-19-27(32)23-13-6-3-7-14-23)31-28-24-15-9-8-12-22(24)16-17-25(28)29(33)36-20-21-10-4-2-5-11-21/h2-17,26,31H,18-20H2,1H3. The van der Waals surface area contributed by atoms with Gasteiger partial charge in [-0.15, -0.1) is 0 Å². The van der Waals surface area contributed by atoms with Crippen molar-refractivity contribution in [3.05, 3.63) is 114 Å². The molecule has 1 atom stereocenters. The molecule has 0 saturated carbocycles. The Morgan fingerprint density at radius 2 is 1.47 bits per heavy atom. The third-order valence-corrected chi connectivity index (χ3v) is 5.92. The molecule has 6 heteroatoms. The van der Waals surface area contributed by atoms with Crippen LogP contribution in [0.2, 0.25) is 0 Å². The smallest absolute Gasteiger partial charge is 0.340 e. The van der Waals surface area contributed by atoms with Gasteiger partial charge in [0.25, 0.3) is 0 Å². The van der Waals surface area contributed by atoms with Crippen molar-refractivity contribution in [3.63, 3.8) is 0 Å². The zero-order chi connectivity index (χ0) is 25.3. The molecule has 0 aliphatic carbocycles. The van der Waals surface area contributed by atoms with Crippen LogP contribution in [0, 0.1) is 0 Å². The second kappa shape index (κ2) is 11.8. The fourth-order valence-electron chi connectivity index (χ4n) is 4.01. The maximum atomic E-state index is 13.1. The average Bonchev–Trinajstić information content (AvgIpc) is 2.94. The van der Waals surface area contributed by atoms with Crippen molar-refractivity contribution >= 4 is 34.2 Å². The van der Waals surface area contributed by atoms with Crippen LogP contribution in [0.3, 0.4) is 0 Å². The van der Waals surface area contributed by atoms with Gasteiger partial charge in [0.2, 0.25) is 0 Å². The maximum absolute atomic E-state index is 13.1. The molecule has 0 saturated heterocycles. The Morgan fingerprint density at radius 1 is 0.806 bits per heavy atom. The zero-order valence-electron chi connectivity index (χ0n) is 20.0. The highest BCUT2D eigenvalue weighted by Crippen LogP contribution is 2.30. The largest absolute Gasteiger partial charge is 0.467 e. The van der Waals surface area contributed by atoms with Gasteiger partial charge in [-0.1, -0.05) is 91.0 Å². The highest BCUT2D eigenvalue weighted by molar-refractivity contribution is 6.07. The highest BCUT2D eigenvalue weighted by Gasteiger charge is 2.25. The van der Waals surface area contributed by atoms with Gasteiger partial charge < -0.3 is 14.8 Å². The first-order valence-electron chi connectivity index (χ1n) is 11.7. The molecule has 0 aromatic heterocycles. The van der Waals surface area contributed by atoms with Gasteiger partial charge in [0, 0.05) is 17.4 Å². The van der Waals surface area contributed by atoms with Crippen LogP contribution < -0.4 is 5.32 Å². The molecule has 4 aromatic rings. The van der Waals surface area contributed by atoms with Crippen LogP contribution in [0.5, 0.6) is 0 Å². The summed E-state index contributed by atoms with van der Waals surface area (Å²) in [5.41, 5.74) is 2.21. The lowest BCUT2D eigenvalue weighted by molar-refractivity contribution is -0.141. The van der Waals surface area contributed by atoms with E-state index in [1.54, 1.807) is 30.3 Å². The Balaban J connectivity index is 1.60. The van der Waals surface area contributed by atoms with E-state index in [4.69, 9.17) is 9.47 Å². The molecule has 6 nitrogen and oxygen atoms in total. The molecule has 0 spiro atoms. The van der Waals surface area contributed by atoms with E-state index in [2.05, 4.69) is 5.32 Å². The second-order valence-electron chi connectivity index (χ2n) is 8.32. The highest BCUT2D eigenvalue weighted by atomic mass is 16.5. The van der Waals surface area contributed by atoms with E-state index in [1.165, 1.54) is 7.11 Å². The molecule has 4 rings (SSSR count). The quantitative estimate of drug-likeness (QED) is 0.227. The molecule has 4 aromatic carbocycles.